The van der Waals surface area contributed by atoms with E-state index in [1.54, 1.807) is 11.8 Å². The maximum atomic E-state index is 11.0. The van der Waals surface area contributed by atoms with E-state index in [2.05, 4.69) is 40.3 Å². The van der Waals surface area contributed by atoms with Crippen LogP contribution in [-0.4, -0.2) is 22.9 Å². The molecule has 1 heterocycles. The van der Waals surface area contributed by atoms with E-state index in [4.69, 9.17) is 9.84 Å². The van der Waals surface area contributed by atoms with E-state index in [0.29, 0.717) is 12.4 Å². The number of carbonyl (C=O) groups is 1. The second kappa shape index (κ2) is 7.59. The number of carboxylic acid groups (broad SMARTS) is 1. The van der Waals surface area contributed by atoms with Gasteiger partial charge in [0.15, 0.2) is 0 Å². The zero-order valence-corrected chi connectivity index (χ0v) is 15.6. The Morgan fingerprint density at radius 2 is 2.17 bits per heavy atom. The zero-order valence-electron chi connectivity index (χ0n) is 13.2. The van der Waals surface area contributed by atoms with Crippen LogP contribution >= 0.6 is 27.7 Å². The van der Waals surface area contributed by atoms with Crippen molar-refractivity contribution in [1.29, 1.82) is 0 Å². The van der Waals surface area contributed by atoms with Crippen LogP contribution in [0.4, 0.5) is 0 Å². The van der Waals surface area contributed by atoms with Crippen LogP contribution in [0.25, 0.3) is 0 Å². The average molecular weight is 408 g/mol. The molecule has 126 valence electrons. The highest BCUT2D eigenvalue weighted by molar-refractivity contribution is 9.10. The number of thioether (sulfide) groups is 1. The predicted molar refractivity (Wildman–Crippen MR) is 99.4 cm³/mol. The van der Waals surface area contributed by atoms with Crippen molar-refractivity contribution >= 4 is 33.7 Å². The Kier molecular flexibility index (Phi) is 5.48. The molecule has 2 unspecified atom stereocenters. The Bertz CT molecular complexity index is 753. The van der Waals surface area contributed by atoms with E-state index in [1.807, 2.05) is 30.3 Å². The summed E-state index contributed by atoms with van der Waals surface area (Å²) in [5, 5.41) is 12.2. The summed E-state index contributed by atoms with van der Waals surface area (Å²) in [6, 6.07) is 13.5. The first kappa shape index (κ1) is 17.3. The van der Waals surface area contributed by atoms with E-state index in [9.17, 15) is 4.79 Å². The number of aliphatic carboxylic acids is 1. The summed E-state index contributed by atoms with van der Waals surface area (Å²) in [6.45, 7) is 2.58. The number of carboxylic acids is 1. The molecule has 2 atom stereocenters. The largest absolute Gasteiger partial charge is 0.488 e. The molecular weight excluding hydrogens is 390 g/mol. The van der Waals surface area contributed by atoms with E-state index in [1.165, 1.54) is 5.56 Å². The van der Waals surface area contributed by atoms with E-state index in [-0.39, 0.29) is 5.37 Å². The first-order chi connectivity index (χ1) is 11.5. The quantitative estimate of drug-likeness (QED) is 0.780. The number of hydrogen-bond donors (Lipinski definition) is 2. The third-order valence-corrected chi connectivity index (χ3v) is 5.87. The fourth-order valence-electron chi connectivity index (χ4n) is 2.53. The first-order valence-electron chi connectivity index (χ1n) is 7.62. The SMILES string of the molecule is Cc1ccccc1COc1ccc(C2NC(C(=O)O)CS2)cc1Br. The van der Waals surface area contributed by atoms with Crippen molar-refractivity contribution in [1.82, 2.24) is 5.32 Å². The van der Waals surface area contributed by atoms with E-state index >= 15 is 0 Å². The van der Waals surface area contributed by atoms with E-state index < -0.39 is 12.0 Å². The van der Waals surface area contributed by atoms with Crippen LogP contribution in [-0.2, 0) is 11.4 Å². The van der Waals surface area contributed by atoms with Crippen molar-refractivity contribution in [2.24, 2.45) is 0 Å². The number of ether oxygens (including phenoxy) is 1. The highest BCUT2D eigenvalue weighted by Gasteiger charge is 2.30. The standard InChI is InChI=1S/C18H18BrNO3S/c1-11-4-2-3-5-13(11)9-23-16-7-6-12(8-14(16)19)17-20-15(10-24-17)18(21)22/h2-8,15,17,20H,9-10H2,1H3,(H,21,22). The van der Waals surface area contributed by atoms with Crippen molar-refractivity contribution < 1.29 is 14.6 Å². The van der Waals surface area contributed by atoms with Crippen LogP contribution in [0.15, 0.2) is 46.9 Å². The average Bonchev–Trinajstić information content (AvgIpc) is 3.05. The minimum atomic E-state index is -0.803. The molecule has 1 saturated heterocycles. The van der Waals surface area contributed by atoms with Crippen LogP contribution in [0.3, 0.4) is 0 Å². The summed E-state index contributed by atoms with van der Waals surface area (Å²) in [5.74, 6) is 0.547. The van der Waals surface area contributed by atoms with Crippen LogP contribution in [0.1, 0.15) is 22.1 Å². The number of rotatable bonds is 5. The van der Waals surface area contributed by atoms with Gasteiger partial charge in [0.05, 0.1) is 9.85 Å². The van der Waals surface area contributed by atoms with Crippen molar-refractivity contribution in [3.63, 3.8) is 0 Å². The molecule has 0 amide bonds. The molecule has 0 bridgehead atoms. The molecule has 1 aliphatic heterocycles. The lowest BCUT2D eigenvalue weighted by Gasteiger charge is -2.14. The molecule has 0 saturated carbocycles. The highest BCUT2D eigenvalue weighted by atomic mass is 79.9. The first-order valence-corrected chi connectivity index (χ1v) is 9.46. The lowest BCUT2D eigenvalue weighted by Crippen LogP contribution is -2.33. The Hall–Kier alpha value is -1.50. The second-order valence-electron chi connectivity index (χ2n) is 5.68. The van der Waals surface area contributed by atoms with Gasteiger partial charge in [-0.2, -0.15) is 0 Å². The van der Waals surface area contributed by atoms with Crippen LogP contribution in [0.5, 0.6) is 5.75 Å². The van der Waals surface area contributed by atoms with Gasteiger partial charge in [-0.1, -0.05) is 30.3 Å². The van der Waals surface area contributed by atoms with Gasteiger partial charge < -0.3 is 9.84 Å². The number of aryl methyl sites for hydroxylation is 1. The minimum absolute atomic E-state index is 0.00665. The van der Waals surface area contributed by atoms with Gasteiger partial charge in [0.2, 0.25) is 0 Å². The lowest BCUT2D eigenvalue weighted by molar-refractivity contribution is -0.138. The van der Waals surface area contributed by atoms with Gasteiger partial charge in [-0.25, -0.2) is 0 Å². The van der Waals surface area contributed by atoms with Crippen LogP contribution in [0, 0.1) is 6.92 Å². The summed E-state index contributed by atoms with van der Waals surface area (Å²) in [6.07, 6.45) is 0. The topological polar surface area (TPSA) is 58.6 Å². The molecule has 0 radical (unpaired) electrons. The van der Waals surface area contributed by atoms with Gasteiger partial charge in [0, 0.05) is 5.75 Å². The highest BCUT2D eigenvalue weighted by Crippen LogP contribution is 2.36. The molecule has 0 spiro atoms. The number of benzene rings is 2. The normalized spacial score (nSPS) is 20.1. The van der Waals surface area contributed by atoms with Crippen molar-refractivity contribution in [3.05, 3.63) is 63.6 Å². The Morgan fingerprint density at radius 1 is 1.38 bits per heavy atom. The lowest BCUT2D eigenvalue weighted by atomic mass is 10.1. The third kappa shape index (κ3) is 3.94. The maximum Gasteiger partial charge on any atom is 0.321 e. The second-order valence-corrected chi connectivity index (χ2v) is 7.67. The van der Waals surface area contributed by atoms with Crippen molar-refractivity contribution in [3.8, 4) is 5.75 Å². The summed E-state index contributed by atoms with van der Waals surface area (Å²) in [7, 11) is 0. The minimum Gasteiger partial charge on any atom is -0.488 e. The van der Waals surface area contributed by atoms with Gasteiger partial charge in [0.25, 0.3) is 0 Å². The molecule has 1 aliphatic rings. The molecule has 2 N–H and O–H groups in total. The molecular formula is C18H18BrNO3S. The molecule has 2 aromatic carbocycles. The van der Waals surface area contributed by atoms with Gasteiger partial charge in [-0.05, 0) is 51.7 Å². The summed E-state index contributed by atoms with van der Waals surface area (Å²) in [4.78, 5) is 11.0. The summed E-state index contributed by atoms with van der Waals surface area (Å²) in [5.41, 5.74) is 3.40. The van der Waals surface area contributed by atoms with Crippen LogP contribution in [0.2, 0.25) is 0 Å². The van der Waals surface area contributed by atoms with Gasteiger partial charge in [-0.15, -0.1) is 11.8 Å². The maximum absolute atomic E-state index is 11.0. The molecule has 4 nitrogen and oxygen atoms in total. The zero-order chi connectivity index (χ0) is 17.1. The third-order valence-electron chi connectivity index (χ3n) is 3.98. The van der Waals surface area contributed by atoms with E-state index in [0.717, 1.165) is 21.3 Å². The number of halogens is 1. The molecule has 0 aliphatic carbocycles. The molecule has 0 aromatic heterocycles. The van der Waals surface area contributed by atoms with Gasteiger partial charge >= 0.3 is 5.97 Å². The summed E-state index contributed by atoms with van der Waals surface area (Å²) >= 11 is 5.16. The molecule has 6 heteroatoms. The fourth-order valence-corrected chi connectivity index (χ4v) is 4.27. The molecule has 24 heavy (non-hydrogen) atoms. The van der Waals surface area contributed by atoms with Crippen molar-refractivity contribution in [2.75, 3.05) is 5.75 Å². The van der Waals surface area contributed by atoms with Crippen molar-refractivity contribution in [2.45, 2.75) is 24.9 Å². The molecule has 1 fully saturated rings. The smallest absolute Gasteiger partial charge is 0.321 e. The van der Waals surface area contributed by atoms with Gasteiger partial charge in [0.1, 0.15) is 18.4 Å². The Morgan fingerprint density at radius 3 is 2.83 bits per heavy atom. The predicted octanol–water partition coefficient (Wildman–Crippen LogP) is 4.12. The fraction of sp³-hybridized carbons (Fsp3) is 0.278. The molecule has 2 aromatic rings. The van der Waals surface area contributed by atoms with Crippen LogP contribution < -0.4 is 10.1 Å². The molecule has 3 rings (SSSR count). The monoisotopic (exact) mass is 407 g/mol. The number of hydrogen-bond acceptors (Lipinski definition) is 4. The Balaban J connectivity index is 1.67. The number of nitrogens with one attached hydrogen (secondary N) is 1. The van der Waals surface area contributed by atoms with Gasteiger partial charge in [-0.3, -0.25) is 10.1 Å². The Labute approximate surface area is 153 Å². The summed E-state index contributed by atoms with van der Waals surface area (Å²) < 4.78 is 6.78.